The van der Waals surface area contributed by atoms with Gasteiger partial charge in [-0.25, -0.2) is 8.42 Å². The number of hydrogen-bond donors (Lipinski definition) is 3. The van der Waals surface area contributed by atoms with Crippen molar-refractivity contribution in [3.8, 4) is 0 Å². The fraction of sp³-hybridized carbons (Fsp3) is 0.529. The Hall–Kier alpha value is -2.09. The number of carbonyl (C=O) groups excluding carboxylic acids is 1. The molecule has 140 valence electrons. The molecule has 7 nitrogen and oxygen atoms in total. The summed E-state index contributed by atoms with van der Waals surface area (Å²) in [7, 11) is -3.46. The van der Waals surface area contributed by atoms with Crippen molar-refractivity contribution >= 4 is 27.6 Å². The van der Waals surface area contributed by atoms with E-state index in [1.54, 1.807) is 18.2 Å². The molecule has 0 fully saturated rings. The van der Waals surface area contributed by atoms with Gasteiger partial charge in [-0.3, -0.25) is 14.3 Å². The first kappa shape index (κ1) is 21.0. The molecule has 0 aliphatic carbocycles. The Bertz CT molecular complexity index is 701. The number of nitrogens with one attached hydrogen (secondary N) is 2. The number of benzene rings is 1. The average Bonchev–Trinajstić information content (AvgIpc) is 2.49. The van der Waals surface area contributed by atoms with Gasteiger partial charge in [-0.1, -0.05) is 30.9 Å². The standard InChI is InChI=1S/C17H26N2O5S/c1-13-9-10-15(19-25(2,23)24)14(12-13)17(22)18-11-7-5-3-4-6-8-16(20)21/h9-10,12,19H,3-8,11H2,1-2H3,(H,18,22)(H,20,21). The van der Waals surface area contributed by atoms with Gasteiger partial charge in [0.1, 0.15) is 0 Å². The molecule has 0 heterocycles. The van der Waals surface area contributed by atoms with Crippen molar-refractivity contribution in [2.75, 3.05) is 17.5 Å². The first-order valence-electron chi connectivity index (χ1n) is 8.27. The van der Waals surface area contributed by atoms with E-state index >= 15 is 0 Å². The minimum Gasteiger partial charge on any atom is -0.481 e. The third kappa shape index (κ3) is 9.09. The number of amides is 1. The predicted octanol–water partition coefficient (Wildman–Crippen LogP) is 2.52. The van der Waals surface area contributed by atoms with Crippen LogP contribution in [-0.4, -0.2) is 38.2 Å². The molecule has 25 heavy (non-hydrogen) atoms. The van der Waals surface area contributed by atoms with Crippen LogP contribution in [0.15, 0.2) is 18.2 Å². The smallest absolute Gasteiger partial charge is 0.303 e. The third-order valence-electron chi connectivity index (χ3n) is 3.57. The molecule has 0 aromatic heterocycles. The maximum Gasteiger partial charge on any atom is 0.303 e. The maximum atomic E-state index is 12.3. The van der Waals surface area contributed by atoms with E-state index in [2.05, 4.69) is 10.0 Å². The van der Waals surface area contributed by atoms with Crippen molar-refractivity contribution in [2.24, 2.45) is 0 Å². The fourth-order valence-electron chi connectivity index (χ4n) is 2.36. The monoisotopic (exact) mass is 370 g/mol. The number of carboxylic acid groups (broad SMARTS) is 1. The molecule has 0 saturated heterocycles. The first-order valence-corrected chi connectivity index (χ1v) is 10.2. The summed E-state index contributed by atoms with van der Waals surface area (Å²) in [5, 5.41) is 11.3. The molecule has 1 aromatic carbocycles. The van der Waals surface area contributed by atoms with Crippen molar-refractivity contribution in [3.05, 3.63) is 29.3 Å². The van der Waals surface area contributed by atoms with Crippen LogP contribution in [0.3, 0.4) is 0 Å². The first-order chi connectivity index (χ1) is 11.7. The number of carboxylic acids is 1. The topological polar surface area (TPSA) is 113 Å². The molecule has 0 spiro atoms. The zero-order valence-electron chi connectivity index (χ0n) is 14.7. The van der Waals surface area contributed by atoms with E-state index in [9.17, 15) is 18.0 Å². The number of sulfonamides is 1. The SMILES string of the molecule is Cc1ccc(NS(C)(=O)=O)c(C(=O)NCCCCCCCC(=O)O)c1. The van der Waals surface area contributed by atoms with Crippen LogP contribution in [0.4, 0.5) is 5.69 Å². The summed E-state index contributed by atoms with van der Waals surface area (Å²) in [6, 6.07) is 4.96. The van der Waals surface area contributed by atoms with E-state index < -0.39 is 16.0 Å². The van der Waals surface area contributed by atoms with Crippen LogP contribution in [0.1, 0.15) is 54.4 Å². The largest absolute Gasteiger partial charge is 0.481 e. The van der Waals surface area contributed by atoms with Gasteiger partial charge in [-0.2, -0.15) is 0 Å². The Balaban J connectivity index is 2.44. The predicted molar refractivity (Wildman–Crippen MR) is 97.3 cm³/mol. The van der Waals surface area contributed by atoms with Crippen LogP contribution in [-0.2, 0) is 14.8 Å². The lowest BCUT2D eigenvalue weighted by molar-refractivity contribution is -0.137. The fourth-order valence-corrected chi connectivity index (χ4v) is 2.94. The Morgan fingerprint density at radius 2 is 1.72 bits per heavy atom. The summed E-state index contributed by atoms with van der Waals surface area (Å²) in [6.45, 7) is 2.32. The normalized spacial score (nSPS) is 11.1. The van der Waals surface area contributed by atoms with E-state index in [0.717, 1.165) is 37.5 Å². The molecule has 0 atom stereocenters. The van der Waals surface area contributed by atoms with E-state index in [4.69, 9.17) is 5.11 Å². The number of aliphatic carboxylic acids is 1. The number of rotatable bonds is 11. The molecule has 0 bridgehead atoms. The molecule has 0 aliphatic rings. The second kappa shape index (κ2) is 10.0. The number of hydrogen-bond acceptors (Lipinski definition) is 4. The summed E-state index contributed by atoms with van der Waals surface area (Å²) in [5.41, 5.74) is 1.42. The molecular formula is C17H26N2O5S. The Labute approximate surface area is 148 Å². The highest BCUT2D eigenvalue weighted by atomic mass is 32.2. The lowest BCUT2D eigenvalue weighted by atomic mass is 10.1. The quantitative estimate of drug-likeness (QED) is 0.518. The minimum atomic E-state index is -3.46. The van der Waals surface area contributed by atoms with Gasteiger partial charge in [-0.15, -0.1) is 0 Å². The van der Waals surface area contributed by atoms with Crippen molar-refractivity contribution in [1.82, 2.24) is 5.32 Å². The Morgan fingerprint density at radius 3 is 2.36 bits per heavy atom. The molecule has 3 N–H and O–H groups in total. The molecular weight excluding hydrogens is 344 g/mol. The van der Waals surface area contributed by atoms with Gasteiger partial charge in [0, 0.05) is 13.0 Å². The number of aryl methyl sites for hydroxylation is 1. The average molecular weight is 370 g/mol. The lowest BCUT2D eigenvalue weighted by Gasteiger charge is -2.12. The lowest BCUT2D eigenvalue weighted by Crippen LogP contribution is -2.26. The Kier molecular flexibility index (Phi) is 8.40. The van der Waals surface area contributed by atoms with Gasteiger partial charge in [0.2, 0.25) is 10.0 Å². The van der Waals surface area contributed by atoms with E-state index in [1.165, 1.54) is 0 Å². The van der Waals surface area contributed by atoms with Crippen LogP contribution >= 0.6 is 0 Å². The highest BCUT2D eigenvalue weighted by Gasteiger charge is 2.14. The third-order valence-corrected chi connectivity index (χ3v) is 4.16. The van der Waals surface area contributed by atoms with Gasteiger partial charge in [0.05, 0.1) is 17.5 Å². The van der Waals surface area contributed by atoms with Crippen LogP contribution in [0.2, 0.25) is 0 Å². The Morgan fingerprint density at radius 1 is 1.08 bits per heavy atom. The van der Waals surface area contributed by atoms with Gasteiger partial charge in [-0.05, 0) is 31.9 Å². The van der Waals surface area contributed by atoms with Crippen molar-refractivity contribution in [3.63, 3.8) is 0 Å². The van der Waals surface area contributed by atoms with Crippen LogP contribution in [0.5, 0.6) is 0 Å². The zero-order chi connectivity index (χ0) is 18.9. The minimum absolute atomic E-state index is 0.195. The van der Waals surface area contributed by atoms with Crippen LogP contribution in [0, 0.1) is 6.92 Å². The second-order valence-corrected chi connectivity index (χ2v) is 7.84. The maximum absolute atomic E-state index is 12.3. The highest BCUT2D eigenvalue weighted by Crippen LogP contribution is 2.18. The summed E-state index contributed by atoms with van der Waals surface area (Å²) in [4.78, 5) is 22.7. The number of anilines is 1. The van der Waals surface area contributed by atoms with Gasteiger partial charge < -0.3 is 10.4 Å². The summed E-state index contributed by atoms with van der Waals surface area (Å²) >= 11 is 0. The zero-order valence-corrected chi connectivity index (χ0v) is 15.5. The number of unbranched alkanes of at least 4 members (excludes halogenated alkanes) is 4. The molecule has 1 rings (SSSR count). The highest BCUT2D eigenvalue weighted by molar-refractivity contribution is 7.92. The van der Waals surface area contributed by atoms with E-state index in [0.29, 0.717) is 18.5 Å². The van der Waals surface area contributed by atoms with Gasteiger partial charge in [0.15, 0.2) is 0 Å². The molecule has 1 aromatic rings. The van der Waals surface area contributed by atoms with E-state index in [1.807, 2.05) is 6.92 Å². The molecule has 0 aliphatic heterocycles. The van der Waals surface area contributed by atoms with Gasteiger partial charge >= 0.3 is 5.97 Å². The van der Waals surface area contributed by atoms with Gasteiger partial charge in [0.25, 0.3) is 5.91 Å². The second-order valence-electron chi connectivity index (χ2n) is 6.09. The molecule has 0 saturated carbocycles. The van der Waals surface area contributed by atoms with Crippen molar-refractivity contribution in [1.29, 1.82) is 0 Å². The molecule has 0 radical (unpaired) electrons. The summed E-state index contributed by atoms with van der Waals surface area (Å²) < 4.78 is 25.2. The van der Waals surface area contributed by atoms with Crippen molar-refractivity contribution < 1.29 is 23.1 Å². The summed E-state index contributed by atoms with van der Waals surface area (Å²) in [5.74, 6) is -1.09. The molecule has 8 heteroatoms. The van der Waals surface area contributed by atoms with Crippen LogP contribution < -0.4 is 10.0 Å². The van der Waals surface area contributed by atoms with Crippen molar-refractivity contribution in [2.45, 2.75) is 45.4 Å². The summed E-state index contributed by atoms with van der Waals surface area (Å²) in [6.07, 6.45) is 5.39. The molecule has 1 amide bonds. The molecule has 0 unspecified atom stereocenters. The van der Waals surface area contributed by atoms with Crippen LogP contribution in [0.25, 0.3) is 0 Å². The van der Waals surface area contributed by atoms with E-state index in [-0.39, 0.29) is 18.0 Å². The number of carbonyl (C=O) groups is 2.